The molecule has 8 heteroatoms. The Morgan fingerprint density at radius 1 is 0.935 bits per heavy atom. The van der Waals surface area contributed by atoms with Gasteiger partial charge in [0.25, 0.3) is 5.91 Å². The first-order valence-electron chi connectivity index (χ1n) is 9.30. The number of methoxy groups -OCH3 is 2. The highest BCUT2D eigenvalue weighted by molar-refractivity contribution is 5.94. The maximum absolute atomic E-state index is 12.4. The van der Waals surface area contributed by atoms with E-state index in [1.54, 1.807) is 61.7 Å². The highest BCUT2D eigenvalue weighted by atomic mass is 16.6. The van der Waals surface area contributed by atoms with Crippen molar-refractivity contribution in [1.29, 1.82) is 0 Å². The fraction of sp³-hybridized carbons (Fsp3) is 0.130. The number of aromatic nitrogens is 1. The first-order chi connectivity index (χ1) is 15.0. The molecule has 0 aliphatic heterocycles. The summed E-state index contributed by atoms with van der Waals surface area (Å²) in [7, 11) is 3.02. The summed E-state index contributed by atoms with van der Waals surface area (Å²) in [5.41, 5.74) is 4.68. The van der Waals surface area contributed by atoms with Crippen molar-refractivity contribution in [3.8, 4) is 17.2 Å². The number of nitrogens with one attached hydrogen (secondary N) is 1. The molecule has 8 nitrogen and oxygen atoms in total. The molecule has 0 spiro atoms. The zero-order valence-electron chi connectivity index (χ0n) is 17.3. The first-order valence-corrected chi connectivity index (χ1v) is 9.30. The minimum atomic E-state index is -0.527. The van der Waals surface area contributed by atoms with Gasteiger partial charge in [0.15, 0.2) is 11.5 Å². The molecule has 0 aliphatic rings. The molecule has 0 atom stereocenters. The van der Waals surface area contributed by atoms with Gasteiger partial charge in [-0.05, 0) is 67.1 Å². The van der Waals surface area contributed by atoms with E-state index in [1.807, 2.05) is 6.92 Å². The number of nitrogens with zero attached hydrogens (tertiary/aromatic N) is 2. The van der Waals surface area contributed by atoms with E-state index in [2.05, 4.69) is 15.5 Å². The number of esters is 1. The van der Waals surface area contributed by atoms with Crippen molar-refractivity contribution in [2.75, 3.05) is 14.2 Å². The van der Waals surface area contributed by atoms with E-state index >= 15 is 0 Å². The summed E-state index contributed by atoms with van der Waals surface area (Å²) in [6, 6.07) is 14.9. The van der Waals surface area contributed by atoms with E-state index in [1.165, 1.54) is 19.5 Å². The molecule has 0 bridgehead atoms. The Balaban J connectivity index is 1.66. The Labute approximate surface area is 179 Å². The lowest BCUT2D eigenvalue weighted by atomic mass is 10.2. The number of pyridine rings is 1. The molecule has 1 N–H and O–H groups in total. The molecule has 1 heterocycles. The van der Waals surface area contributed by atoms with Crippen LogP contribution < -0.4 is 19.6 Å². The lowest BCUT2D eigenvalue weighted by molar-refractivity contribution is 0.0729. The van der Waals surface area contributed by atoms with E-state index in [-0.39, 0.29) is 11.7 Å². The zero-order valence-corrected chi connectivity index (χ0v) is 17.3. The van der Waals surface area contributed by atoms with Crippen LogP contribution in [0, 0.1) is 6.92 Å². The van der Waals surface area contributed by atoms with Gasteiger partial charge in [-0.3, -0.25) is 9.78 Å². The summed E-state index contributed by atoms with van der Waals surface area (Å²) >= 11 is 0. The monoisotopic (exact) mass is 419 g/mol. The van der Waals surface area contributed by atoms with Crippen molar-refractivity contribution in [3.63, 3.8) is 0 Å². The van der Waals surface area contributed by atoms with Crippen LogP contribution in [0.2, 0.25) is 0 Å². The lowest BCUT2D eigenvalue weighted by Crippen LogP contribution is -2.17. The summed E-state index contributed by atoms with van der Waals surface area (Å²) < 4.78 is 15.8. The number of aryl methyl sites for hydroxylation is 1. The largest absolute Gasteiger partial charge is 0.497 e. The van der Waals surface area contributed by atoms with Crippen LogP contribution in [0.5, 0.6) is 17.2 Å². The molecule has 1 amide bonds. The number of carbonyl (C=O) groups excluding carboxylic acids is 2. The van der Waals surface area contributed by atoms with Gasteiger partial charge in [0.2, 0.25) is 0 Å². The van der Waals surface area contributed by atoms with Gasteiger partial charge in [-0.15, -0.1) is 0 Å². The fourth-order valence-corrected chi connectivity index (χ4v) is 2.57. The Morgan fingerprint density at radius 3 is 2.32 bits per heavy atom. The smallest absolute Gasteiger partial charge is 0.343 e. The van der Waals surface area contributed by atoms with Gasteiger partial charge >= 0.3 is 5.97 Å². The summed E-state index contributed by atoms with van der Waals surface area (Å²) in [6.45, 7) is 1.84. The predicted octanol–water partition coefficient (Wildman–Crippen LogP) is 3.39. The number of hydrogen-bond donors (Lipinski definition) is 1. The second kappa shape index (κ2) is 10.0. The van der Waals surface area contributed by atoms with Crippen LogP contribution in [0.4, 0.5) is 0 Å². The Morgan fingerprint density at radius 2 is 1.68 bits per heavy atom. The molecule has 3 rings (SSSR count). The van der Waals surface area contributed by atoms with Crippen molar-refractivity contribution in [2.45, 2.75) is 6.92 Å². The van der Waals surface area contributed by atoms with Gasteiger partial charge in [-0.25, -0.2) is 10.2 Å². The van der Waals surface area contributed by atoms with Crippen molar-refractivity contribution >= 4 is 18.1 Å². The molecule has 3 aromatic rings. The van der Waals surface area contributed by atoms with Crippen molar-refractivity contribution < 1.29 is 23.8 Å². The van der Waals surface area contributed by atoms with Crippen molar-refractivity contribution in [1.82, 2.24) is 10.4 Å². The Bertz CT molecular complexity index is 1090. The lowest BCUT2D eigenvalue weighted by Gasteiger charge is -2.10. The molecule has 0 radical (unpaired) electrons. The van der Waals surface area contributed by atoms with Crippen molar-refractivity contribution in [2.24, 2.45) is 5.10 Å². The first kappa shape index (κ1) is 21.5. The van der Waals surface area contributed by atoms with E-state index < -0.39 is 5.97 Å². The summed E-state index contributed by atoms with van der Waals surface area (Å²) in [4.78, 5) is 28.5. The predicted molar refractivity (Wildman–Crippen MR) is 115 cm³/mol. The highest BCUT2D eigenvalue weighted by Crippen LogP contribution is 2.28. The topological polar surface area (TPSA) is 99.1 Å². The molecule has 31 heavy (non-hydrogen) atoms. The quantitative estimate of drug-likeness (QED) is 0.273. The Kier molecular flexibility index (Phi) is 6.95. The number of hydrogen-bond acceptors (Lipinski definition) is 7. The van der Waals surface area contributed by atoms with Crippen LogP contribution in [0.15, 0.2) is 65.9 Å². The maximum Gasteiger partial charge on any atom is 0.343 e. The summed E-state index contributed by atoms with van der Waals surface area (Å²) in [5, 5.41) is 3.94. The van der Waals surface area contributed by atoms with Crippen LogP contribution in [-0.4, -0.2) is 37.3 Å². The molecule has 0 saturated heterocycles. The van der Waals surface area contributed by atoms with Crippen LogP contribution in [0.1, 0.15) is 32.0 Å². The van der Waals surface area contributed by atoms with Crippen LogP contribution >= 0.6 is 0 Å². The third-order valence-electron chi connectivity index (χ3n) is 4.27. The van der Waals surface area contributed by atoms with Gasteiger partial charge in [0.05, 0.1) is 31.6 Å². The van der Waals surface area contributed by atoms with Crippen molar-refractivity contribution in [3.05, 3.63) is 83.2 Å². The minimum Gasteiger partial charge on any atom is -0.497 e. The SMILES string of the molecule is COc1ccc(C(=O)Oc2ccc(C=NNC(=O)c3ccc(C)nc3)cc2OC)cc1. The average Bonchev–Trinajstić information content (AvgIpc) is 2.80. The highest BCUT2D eigenvalue weighted by Gasteiger charge is 2.13. The number of ether oxygens (including phenoxy) is 3. The maximum atomic E-state index is 12.4. The number of carbonyl (C=O) groups is 2. The normalized spacial score (nSPS) is 10.5. The van der Waals surface area contributed by atoms with E-state index in [0.717, 1.165) is 5.69 Å². The van der Waals surface area contributed by atoms with Crippen LogP contribution in [0.25, 0.3) is 0 Å². The second-order valence-corrected chi connectivity index (χ2v) is 6.42. The van der Waals surface area contributed by atoms with Gasteiger partial charge in [-0.2, -0.15) is 5.10 Å². The van der Waals surface area contributed by atoms with Crippen LogP contribution in [-0.2, 0) is 0 Å². The van der Waals surface area contributed by atoms with Gasteiger partial charge < -0.3 is 14.2 Å². The molecule has 0 fully saturated rings. The second-order valence-electron chi connectivity index (χ2n) is 6.42. The molecule has 2 aromatic carbocycles. The number of amides is 1. The molecular weight excluding hydrogens is 398 g/mol. The number of rotatable bonds is 7. The molecular formula is C23H21N3O5. The Hall–Kier alpha value is -4.20. The zero-order chi connectivity index (χ0) is 22.2. The number of hydrazone groups is 1. The van der Waals surface area contributed by atoms with Crippen LogP contribution in [0.3, 0.4) is 0 Å². The standard InChI is InChI=1S/C23H21N3O5/c1-15-4-6-18(14-24-15)22(27)26-25-13-16-5-11-20(21(12-16)30-3)31-23(28)17-7-9-19(29-2)10-8-17/h4-14H,1-3H3,(H,26,27). The molecule has 1 aromatic heterocycles. The fourth-order valence-electron chi connectivity index (χ4n) is 2.57. The molecule has 158 valence electrons. The average molecular weight is 419 g/mol. The summed E-state index contributed by atoms with van der Waals surface area (Å²) in [5.74, 6) is 0.348. The van der Waals surface area contributed by atoms with E-state index in [4.69, 9.17) is 14.2 Å². The summed E-state index contributed by atoms with van der Waals surface area (Å²) in [6.07, 6.45) is 2.94. The van der Waals surface area contributed by atoms with E-state index in [0.29, 0.717) is 28.2 Å². The molecule has 0 saturated carbocycles. The minimum absolute atomic E-state index is 0.259. The van der Waals surface area contributed by atoms with Gasteiger partial charge in [0, 0.05) is 11.9 Å². The molecule has 0 aliphatic carbocycles. The van der Waals surface area contributed by atoms with E-state index in [9.17, 15) is 9.59 Å². The number of benzene rings is 2. The van der Waals surface area contributed by atoms with Gasteiger partial charge in [0.1, 0.15) is 5.75 Å². The third-order valence-corrected chi connectivity index (χ3v) is 4.27. The molecule has 0 unspecified atom stereocenters. The van der Waals surface area contributed by atoms with Gasteiger partial charge in [-0.1, -0.05) is 0 Å². The third kappa shape index (κ3) is 5.66.